The molecule has 3 nitrogen and oxygen atoms in total. The molecule has 64 valence electrons. The molecule has 1 aromatic carbocycles. The molecule has 0 aliphatic heterocycles. The third kappa shape index (κ3) is 1.58. The van der Waals surface area contributed by atoms with Crippen LogP contribution in [-0.2, 0) is 0 Å². The van der Waals surface area contributed by atoms with E-state index in [0.717, 1.165) is 4.47 Å². The van der Waals surface area contributed by atoms with E-state index in [4.69, 9.17) is 5.73 Å². The Bertz CT molecular complexity index is 313. The molecule has 0 fully saturated rings. The van der Waals surface area contributed by atoms with Gasteiger partial charge < -0.3 is 10.8 Å². The van der Waals surface area contributed by atoms with Crippen LogP contribution >= 0.6 is 15.9 Å². The van der Waals surface area contributed by atoms with Crippen LogP contribution in [0.2, 0.25) is 0 Å². The van der Waals surface area contributed by atoms with E-state index in [1.807, 2.05) is 0 Å². The Morgan fingerprint density at radius 1 is 1.58 bits per heavy atom. The molecule has 0 saturated heterocycles. The molecule has 1 aromatic rings. The Morgan fingerprint density at radius 2 is 2.17 bits per heavy atom. The number of halogens is 1. The van der Waals surface area contributed by atoms with Gasteiger partial charge in [-0.2, -0.15) is 0 Å². The number of primary amides is 1. The summed E-state index contributed by atoms with van der Waals surface area (Å²) in [6.45, 7) is 1.71. The monoisotopic (exact) mass is 229 g/mol. The average molecular weight is 230 g/mol. The zero-order valence-electron chi connectivity index (χ0n) is 6.47. The van der Waals surface area contributed by atoms with Crippen LogP contribution in [0.25, 0.3) is 0 Å². The van der Waals surface area contributed by atoms with Gasteiger partial charge in [0.2, 0.25) is 0 Å². The van der Waals surface area contributed by atoms with Gasteiger partial charge in [0.15, 0.2) is 0 Å². The van der Waals surface area contributed by atoms with Crippen molar-refractivity contribution in [3.63, 3.8) is 0 Å². The second kappa shape index (κ2) is 3.15. The van der Waals surface area contributed by atoms with Crippen LogP contribution in [0.3, 0.4) is 0 Å². The van der Waals surface area contributed by atoms with Crippen LogP contribution in [0.4, 0.5) is 0 Å². The molecule has 0 bridgehead atoms. The summed E-state index contributed by atoms with van der Waals surface area (Å²) in [7, 11) is 0. The predicted octanol–water partition coefficient (Wildman–Crippen LogP) is 1.56. The minimum absolute atomic E-state index is 0.0885. The molecule has 12 heavy (non-hydrogen) atoms. The van der Waals surface area contributed by atoms with Gasteiger partial charge in [0.25, 0.3) is 5.91 Å². The first-order valence-corrected chi connectivity index (χ1v) is 4.10. The van der Waals surface area contributed by atoms with Crippen molar-refractivity contribution in [2.24, 2.45) is 5.73 Å². The Kier molecular flexibility index (Phi) is 2.38. The summed E-state index contributed by atoms with van der Waals surface area (Å²) >= 11 is 3.18. The molecule has 1 rings (SSSR count). The number of rotatable bonds is 1. The minimum atomic E-state index is -0.613. The molecule has 0 radical (unpaired) electrons. The van der Waals surface area contributed by atoms with E-state index in [2.05, 4.69) is 15.9 Å². The van der Waals surface area contributed by atoms with Gasteiger partial charge >= 0.3 is 0 Å². The molecule has 4 heteroatoms. The van der Waals surface area contributed by atoms with E-state index in [1.54, 1.807) is 13.0 Å². The molecule has 0 spiro atoms. The number of phenols is 1. The van der Waals surface area contributed by atoms with E-state index < -0.39 is 5.91 Å². The number of carbonyl (C=O) groups is 1. The van der Waals surface area contributed by atoms with Gasteiger partial charge in [-0.1, -0.05) is 15.9 Å². The Hall–Kier alpha value is -1.03. The van der Waals surface area contributed by atoms with E-state index in [-0.39, 0.29) is 11.3 Å². The number of nitrogens with two attached hydrogens (primary N) is 1. The highest BCUT2D eigenvalue weighted by atomic mass is 79.9. The average Bonchev–Trinajstić information content (AvgIpc) is 1.82. The molecule has 0 heterocycles. The van der Waals surface area contributed by atoms with Gasteiger partial charge in [-0.25, -0.2) is 0 Å². The molecule has 1 amide bonds. The lowest BCUT2D eigenvalue weighted by Crippen LogP contribution is -2.12. The molecule has 0 atom stereocenters. The zero-order chi connectivity index (χ0) is 9.30. The lowest BCUT2D eigenvalue weighted by molar-refractivity contribution is 0.0997. The lowest BCUT2D eigenvalue weighted by Gasteiger charge is -2.04. The van der Waals surface area contributed by atoms with E-state index in [0.29, 0.717) is 5.56 Å². The second-order valence-electron chi connectivity index (χ2n) is 2.48. The van der Waals surface area contributed by atoms with E-state index in [1.165, 1.54) is 6.07 Å². The van der Waals surface area contributed by atoms with Crippen molar-refractivity contribution in [2.45, 2.75) is 6.92 Å². The van der Waals surface area contributed by atoms with E-state index >= 15 is 0 Å². The van der Waals surface area contributed by atoms with Crippen molar-refractivity contribution in [1.82, 2.24) is 0 Å². The molecule has 0 aliphatic rings. The molecule has 3 N–H and O–H groups in total. The predicted molar refractivity (Wildman–Crippen MR) is 49.1 cm³/mol. The van der Waals surface area contributed by atoms with Gasteiger partial charge in [0.05, 0.1) is 5.56 Å². The maximum atomic E-state index is 10.8. The van der Waals surface area contributed by atoms with Gasteiger partial charge in [0, 0.05) is 4.47 Å². The van der Waals surface area contributed by atoms with Crippen molar-refractivity contribution in [1.29, 1.82) is 0 Å². The summed E-state index contributed by atoms with van der Waals surface area (Å²) in [4.78, 5) is 10.8. The SMILES string of the molecule is Cc1cc(Br)cc(O)c1C(N)=O. The summed E-state index contributed by atoms with van der Waals surface area (Å²) in [5.41, 5.74) is 5.89. The topological polar surface area (TPSA) is 63.3 Å². The lowest BCUT2D eigenvalue weighted by atomic mass is 10.1. The summed E-state index contributed by atoms with van der Waals surface area (Å²) in [5, 5.41) is 9.31. The quantitative estimate of drug-likeness (QED) is 0.768. The number of carbonyl (C=O) groups excluding carboxylic acids is 1. The van der Waals surface area contributed by atoms with Gasteiger partial charge in [-0.05, 0) is 24.6 Å². The molecular weight excluding hydrogens is 222 g/mol. The van der Waals surface area contributed by atoms with Crippen LogP contribution < -0.4 is 5.73 Å². The summed E-state index contributed by atoms with van der Waals surface area (Å²) < 4.78 is 0.725. The molecule has 0 unspecified atom stereocenters. The fourth-order valence-corrected chi connectivity index (χ4v) is 1.61. The first kappa shape index (κ1) is 9.06. The minimum Gasteiger partial charge on any atom is -0.507 e. The second-order valence-corrected chi connectivity index (χ2v) is 3.40. The summed E-state index contributed by atoms with van der Waals surface area (Å²) in [5.74, 6) is -0.702. The molecule has 0 saturated carbocycles. The van der Waals surface area contributed by atoms with Crippen LogP contribution in [0.5, 0.6) is 5.75 Å². The standard InChI is InChI=1S/C8H8BrNO2/c1-4-2-5(9)3-6(11)7(4)8(10)12/h2-3,11H,1H3,(H2,10,12). The Labute approximate surface area is 78.3 Å². The zero-order valence-corrected chi connectivity index (χ0v) is 8.05. The first-order chi connectivity index (χ1) is 5.52. The van der Waals surface area contributed by atoms with E-state index in [9.17, 15) is 9.90 Å². The molecule has 0 aromatic heterocycles. The summed E-state index contributed by atoms with van der Waals surface area (Å²) in [6.07, 6.45) is 0. The van der Waals surface area contributed by atoms with Crippen LogP contribution in [-0.4, -0.2) is 11.0 Å². The Balaban J connectivity index is 3.38. The normalized spacial score (nSPS) is 9.83. The largest absolute Gasteiger partial charge is 0.507 e. The van der Waals surface area contributed by atoms with Crippen molar-refractivity contribution in [3.8, 4) is 5.75 Å². The highest BCUT2D eigenvalue weighted by Crippen LogP contribution is 2.25. The van der Waals surface area contributed by atoms with Crippen molar-refractivity contribution in [3.05, 3.63) is 27.7 Å². The number of amides is 1. The Morgan fingerprint density at radius 3 is 2.58 bits per heavy atom. The number of aromatic hydroxyl groups is 1. The van der Waals surface area contributed by atoms with Crippen molar-refractivity contribution < 1.29 is 9.90 Å². The highest BCUT2D eigenvalue weighted by Gasteiger charge is 2.11. The number of aryl methyl sites for hydroxylation is 1. The van der Waals surface area contributed by atoms with Crippen LogP contribution in [0, 0.1) is 6.92 Å². The summed E-state index contributed by atoms with van der Waals surface area (Å²) in [6, 6.07) is 3.16. The van der Waals surface area contributed by atoms with Crippen molar-refractivity contribution >= 4 is 21.8 Å². The van der Waals surface area contributed by atoms with Gasteiger partial charge in [0.1, 0.15) is 5.75 Å². The fraction of sp³-hybridized carbons (Fsp3) is 0.125. The third-order valence-corrected chi connectivity index (χ3v) is 1.98. The highest BCUT2D eigenvalue weighted by molar-refractivity contribution is 9.10. The number of hydrogen-bond acceptors (Lipinski definition) is 2. The number of benzene rings is 1. The first-order valence-electron chi connectivity index (χ1n) is 3.31. The number of hydrogen-bond donors (Lipinski definition) is 2. The maximum Gasteiger partial charge on any atom is 0.252 e. The molecule has 0 aliphatic carbocycles. The van der Waals surface area contributed by atoms with Gasteiger partial charge in [-0.3, -0.25) is 4.79 Å². The fourth-order valence-electron chi connectivity index (χ4n) is 1.05. The van der Waals surface area contributed by atoms with Crippen LogP contribution in [0.15, 0.2) is 16.6 Å². The third-order valence-electron chi connectivity index (χ3n) is 1.53. The van der Waals surface area contributed by atoms with Crippen molar-refractivity contribution in [2.75, 3.05) is 0 Å². The van der Waals surface area contributed by atoms with Gasteiger partial charge in [-0.15, -0.1) is 0 Å². The maximum absolute atomic E-state index is 10.8. The molecular formula is C8H8BrNO2. The van der Waals surface area contributed by atoms with Crippen LogP contribution in [0.1, 0.15) is 15.9 Å². The smallest absolute Gasteiger partial charge is 0.252 e.